The van der Waals surface area contributed by atoms with Crippen LogP contribution in [0.1, 0.15) is 31.0 Å². The zero-order chi connectivity index (χ0) is 12.3. The van der Waals surface area contributed by atoms with Gasteiger partial charge in [0, 0.05) is 25.0 Å². The molecule has 17 heavy (non-hydrogen) atoms. The van der Waals surface area contributed by atoms with Gasteiger partial charge < -0.3 is 10.3 Å². The van der Waals surface area contributed by atoms with E-state index in [1.807, 2.05) is 0 Å². The Morgan fingerprint density at radius 2 is 2.18 bits per heavy atom. The molecule has 0 aliphatic heterocycles. The highest BCUT2D eigenvalue weighted by molar-refractivity contribution is 7.07. The molecule has 2 rings (SSSR count). The second-order valence-electron chi connectivity index (χ2n) is 4.83. The lowest BCUT2D eigenvalue weighted by molar-refractivity contribution is 0.513. The molecule has 0 amide bonds. The number of aryl methyl sites for hydroxylation is 2. The van der Waals surface area contributed by atoms with Gasteiger partial charge in [-0.1, -0.05) is 13.8 Å². The Labute approximate surface area is 107 Å². The molecule has 2 heterocycles. The SMILES string of the molecule is CC(C)C(N)c1ccn(CCc2ccsc2)c1. The summed E-state index contributed by atoms with van der Waals surface area (Å²) in [6.07, 6.45) is 5.40. The molecule has 92 valence electrons. The van der Waals surface area contributed by atoms with Gasteiger partial charge in [-0.2, -0.15) is 11.3 Å². The van der Waals surface area contributed by atoms with Gasteiger partial charge in [-0.25, -0.2) is 0 Å². The monoisotopic (exact) mass is 248 g/mol. The van der Waals surface area contributed by atoms with E-state index in [-0.39, 0.29) is 6.04 Å². The summed E-state index contributed by atoms with van der Waals surface area (Å²) in [6.45, 7) is 5.35. The van der Waals surface area contributed by atoms with Crippen LogP contribution in [0.25, 0.3) is 0 Å². The Morgan fingerprint density at radius 3 is 2.82 bits per heavy atom. The summed E-state index contributed by atoms with van der Waals surface area (Å²) in [5.41, 5.74) is 8.79. The second kappa shape index (κ2) is 5.52. The maximum atomic E-state index is 6.13. The second-order valence-corrected chi connectivity index (χ2v) is 5.61. The van der Waals surface area contributed by atoms with Gasteiger partial charge in [0.25, 0.3) is 0 Å². The Bertz CT molecular complexity index is 442. The molecule has 2 N–H and O–H groups in total. The fraction of sp³-hybridized carbons (Fsp3) is 0.429. The molecule has 0 aliphatic carbocycles. The first-order valence-electron chi connectivity index (χ1n) is 6.09. The summed E-state index contributed by atoms with van der Waals surface area (Å²) in [4.78, 5) is 0. The number of thiophene rings is 1. The van der Waals surface area contributed by atoms with Crippen LogP contribution in [0.15, 0.2) is 35.3 Å². The van der Waals surface area contributed by atoms with Crippen molar-refractivity contribution in [3.63, 3.8) is 0 Å². The van der Waals surface area contributed by atoms with Gasteiger partial charge >= 0.3 is 0 Å². The van der Waals surface area contributed by atoms with Gasteiger partial charge in [0.15, 0.2) is 0 Å². The van der Waals surface area contributed by atoms with Crippen LogP contribution in [-0.2, 0) is 13.0 Å². The largest absolute Gasteiger partial charge is 0.354 e. The van der Waals surface area contributed by atoms with Crippen molar-refractivity contribution in [2.45, 2.75) is 32.9 Å². The molecule has 1 atom stereocenters. The number of hydrogen-bond donors (Lipinski definition) is 1. The molecular weight excluding hydrogens is 228 g/mol. The quantitative estimate of drug-likeness (QED) is 0.863. The Morgan fingerprint density at radius 1 is 1.35 bits per heavy atom. The molecule has 1 unspecified atom stereocenters. The summed E-state index contributed by atoms with van der Waals surface area (Å²) in [5, 5.41) is 4.34. The van der Waals surface area contributed by atoms with Crippen molar-refractivity contribution in [2.24, 2.45) is 11.7 Å². The van der Waals surface area contributed by atoms with E-state index in [9.17, 15) is 0 Å². The lowest BCUT2D eigenvalue weighted by Crippen LogP contribution is -2.15. The summed E-state index contributed by atoms with van der Waals surface area (Å²) in [5.74, 6) is 0.489. The lowest BCUT2D eigenvalue weighted by atomic mass is 10.00. The van der Waals surface area contributed by atoms with Crippen LogP contribution in [0.4, 0.5) is 0 Å². The average Bonchev–Trinajstić information content (AvgIpc) is 2.96. The van der Waals surface area contributed by atoms with Crippen LogP contribution in [0, 0.1) is 5.92 Å². The molecule has 0 saturated carbocycles. The fourth-order valence-electron chi connectivity index (χ4n) is 1.87. The predicted octanol–water partition coefficient (Wildman–Crippen LogP) is 3.45. The number of rotatable bonds is 5. The van der Waals surface area contributed by atoms with Crippen LogP contribution in [0.3, 0.4) is 0 Å². The molecule has 0 spiro atoms. The fourth-order valence-corrected chi connectivity index (χ4v) is 2.58. The highest BCUT2D eigenvalue weighted by Crippen LogP contribution is 2.19. The summed E-state index contributed by atoms with van der Waals surface area (Å²) >= 11 is 1.76. The highest BCUT2D eigenvalue weighted by atomic mass is 32.1. The van der Waals surface area contributed by atoms with Gasteiger partial charge in [-0.15, -0.1) is 0 Å². The van der Waals surface area contributed by atoms with Crippen molar-refractivity contribution >= 4 is 11.3 Å². The molecule has 2 nitrogen and oxygen atoms in total. The Balaban J connectivity index is 1.94. The first-order valence-corrected chi connectivity index (χ1v) is 7.03. The number of hydrogen-bond acceptors (Lipinski definition) is 2. The van der Waals surface area contributed by atoms with Crippen LogP contribution in [0.5, 0.6) is 0 Å². The molecular formula is C14H20N2S. The summed E-state index contributed by atoms with van der Waals surface area (Å²) < 4.78 is 2.23. The van der Waals surface area contributed by atoms with E-state index in [1.165, 1.54) is 11.1 Å². The molecule has 2 aromatic heterocycles. The van der Waals surface area contributed by atoms with E-state index in [1.54, 1.807) is 11.3 Å². The zero-order valence-electron chi connectivity index (χ0n) is 10.5. The third kappa shape index (κ3) is 3.20. The van der Waals surface area contributed by atoms with Gasteiger partial charge in [0.1, 0.15) is 0 Å². The highest BCUT2D eigenvalue weighted by Gasteiger charge is 2.11. The minimum absolute atomic E-state index is 0.150. The maximum absolute atomic E-state index is 6.13. The zero-order valence-corrected chi connectivity index (χ0v) is 11.3. The minimum atomic E-state index is 0.150. The summed E-state index contributed by atoms with van der Waals surface area (Å²) in [6, 6.07) is 4.48. The maximum Gasteiger partial charge on any atom is 0.0333 e. The van der Waals surface area contributed by atoms with Gasteiger partial charge in [0.05, 0.1) is 0 Å². The average molecular weight is 248 g/mol. The Kier molecular flexibility index (Phi) is 4.02. The molecule has 0 radical (unpaired) electrons. The van der Waals surface area contributed by atoms with Crippen molar-refractivity contribution in [1.82, 2.24) is 4.57 Å². The molecule has 0 aliphatic rings. The smallest absolute Gasteiger partial charge is 0.0333 e. The Hall–Kier alpha value is -1.06. The molecule has 2 aromatic rings. The van der Waals surface area contributed by atoms with E-state index in [4.69, 9.17) is 5.73 Å². The standard InChI is InChI=1S/C14H20N2S/c1-11(2)14(15)13-4-7-16(9-13)6-3-12-5-8-17-10-12/h4-5,7-11,14H,3,6,15H2,1-2H3. The van der Waals surface area contributed by atoms with Crippen LogP contribution in [-0.4, -0.2) is 4.57 Å². The number of nitrogens with two attached hydrogens (primary N) is 1. The van der Waals surface area contributed by atoms with E-state index < -0.39 is 0 Å². The van der Waals surface area contributed by atoms with Gasteiger partial charge in [-0.3, -0.25) is 0 Å². The minimum Gasteiger partial charge on any atom is -0.354 e. The number of aromatic nitrogens is 1. The van der Waals surface area contributed by atoms with Gasteiger partial charge in [0.2, 0.25) is 0 Å². The van der Waals surface area contributed by atoms with Crippen LogP contribution < -0.4 is 5.73 Å². The van der Waals surface area contributed by atoms with E-state index in [0.717, 1.165) is 13.0 Å². The third-order valence-electron chi connectivity index (χ3n) is 3.12. The molecule has 0 saturated heterocycles. The first-order chi connectivity index (χ1) is 8.16. The van der Waals surface area contributed by atoms with Crippen molar-refractivity contribution < 1.29 is 0 Å². The first kappa shape index (κ1) is 12.4. The molecule has 0 bridgehead atoms. The van der Waals surface area contributed by atoms with Crippen LogP contribution in [0.2, 0.25) is 0 Å². The van der Waals surface area contributed by atoms with E-state index >= 15 is 0 Å². The lowest BCUT2D eigenvalue weighted by Gasteiger charge is -2.13. The number of nitrogens with zero attached hydrogens (tertiary/aromatic N) is 1. The normalized spacial score (nSPS) is 13.2. The van der Waals surface area contributed by atoms with Crippen molar-refractivity contribution in [3.05, 3.63) is 46.4 Å². The van der Waals surface area contributed by atoms with Crippen molar-refractivity contribution in [3.8, 4) is 0 Å². The molecule has 0 aromatic carbocycles. The molecule has 3 heteroatoms. The van der Waals surface area contributed by atoms with Crippen molar-refractivity contribution in [2.75, 3.05) is 0 Å². The summed E-state index contributed by atoms with van der Waals surface area (Å²) in [7, 11) is 0. The van der Waals surface area contributed by atoms with Crippen LogP contribution >= 0.6 is 11.3 Å². The predicted molar refractivity (Wildman–Crippen MR) is 74.2 cm³/mol. The topological polar surface area (TPSA) is 30.9 Å². The third-order valence-corrected chi connectivity index (χ3v) is 3.85. The van der Waals surface area contributed by atoms with E-state index in [0.29, 0.717) is 5.92 Å². The van der Waals surface area contributed by atoms with Gasteiger partial charge in [-0.05, 0) is 46.4 Å². The van der Waals surface area contributed by atoms with Crippen molar-refractivity contribution in [1.29, 1.82) is 0 Å². The van der Waals surface area contributed by atoms with E-state index in [2.05, 4.69) is 53.7 Å². The molecule has 0 fully saturated rings.